The molecule has 188 valence electrons. The van der Waals surface area contributed by atoms with E-state index < -0.39 is 48.4 Å². The predicted molar refractivity (Wildman–Crippen MR) is 124 cm³/mol. The normalized spacial score (nSPS) is 14.7. The number of benzene rings is 1. The number of nitrogens with zero attached hydrogens (tertiary/aromatic N) is 3. The topological polar surface area (TPSA) is 154 Å². The number of H-pyrrole nitrogens is 1. The van der Waals surface area contributed by atoms with Crippen molar-refractivity contribution in [1.29, 1.82) is 0 Å². The molecule has 3 amide bonds. The van der Waals surface area contributed by atoms with Crippen LogP contribution in [0.5, 0.6) is 0 Å². The monoisotopic (exact) mass is 487 g/mol. The third-order valence-corrected chi connectivity index (χ3v) is 5.59. The Morgan fingerprint density at radius 1 is 1.09 bits per heavy atom. The van der Waals surface area contributed by atoms with Gasteiger partial charge in [-0.3, -0.25) is 23.9 Å². The lowest BCUT2D eigenvalue weighted by Gasteiger charge is -2.26. The number of carbonyl (C=O) groups is 3. The molecule has 0 saturated carbocycles. The van der Waals surface area contributed by atoms with Crippen molar-refractivity contribution in [3.63, 3.8) is 0 Å². The molecule has 1 aliphatic heterocycles. The number of nitrogens with one attached hydrogen (secondary N) is 2. The van der Waals surface area contributed by atoms with Gasteiger partial charge >= 0.3 is 11.8 Å². The van der Waals surface area contributed by atoms with E-state index in [0.717, 1.165) is 10.1 Å². The molecule has 1 unspecified atom stereocenters. The van der Waals surface area contributed by atoms with Crippen LogP contribution in [0.2, 0.25) is 0 Å². The molecule has 1 aromatic carbocycles. The summed E-state index contributed by atoms with van der Waals surface area (Å²) in [5, 5.41) is 12.1. The van der Waals surface area contributed by atoms with E-state index in [0.29, 0.717) is 19.5 Å². The number of aryl methyl sites for hydroxylation is 1. The molecule has 12 heteroatoms. The van der Waals surface area contributed by atoms with Gasteiger partial charge in [-0.15, -0.1) is 0 Å². The van der Waals surface area contributed by atoms with Gasteiger partial charge in [0.05, 0.1) is 6.61 Å². The Bertz CT molecular complexity index is 1160. The van der Waals surface area contributed by atoms with Crippen molar-refractivity contribution in [3.8, 4) is 0 Å². The minimum atomic E-state index is -1.21. The lowest BCUT2D eigenvalue weighted by molar-refractivity contribution is -0.137. The molecule has 3 rings (SSSR count). The average molecular weight is 488 g/mol. The molecule has 0 bridgehead atoms. The molecule has 35 heavy (non-hydrogen) atoms. The van der Waals surface area contributed by atoms with Crippen LogP contribution in [0.1, 0.15) is 17.5 Å². The Kier molecular flexibility index (Phi) is 8.79. The lowest BCUT2D eigenvalue weighted by Crippen LogP contribution is -2.52. The van der Waals surface area contributed by atoms with Gasteiger partial charge in [0.2, 0.25) is 11.8 Å². The second-order valence-electron chi connectivity index (χ2n) is 8.21. The number of carbonyl (C=O) groups excluding carboxylic acids is 3. The first-order valence-corrected chi connectivity index (χ1v) is 11.2. The summed E-state index contributed by atoms with van der Waals surface area (Å²) >= 11 is 0. The summed E-state index contributed by atoms with van der Waals surface area (Å²) in [6, 6.07) is 8.09. The molecule has 12 nitrogen and oxygen atoms in total. The highest BCUT2D eigenvalue weighted by Crippen LogP contribution is 2.09. The summed E-state index contributed by atoms with van der Waals surface area (Å²) in [5.74, 6) is -1.17. The zero-order valence-corrected chi connectivity index (χ0v) is 19.4. The highest BCUT2D eigenvalue weighted by molar-refractivity contribution is 5.87. The van der Waals surface area contributed by atoms with Gasteiger partial charge in [0.25, 0.3) is 5.56 Å². The van der Waals surface area contributed by atoms with Crippen LogP contribution in [0.25, 0.3) is 0 Å². The highest BCUT2D eigenvalue weighted by Gasteiger charge is 2.28. The Morgan fingerprint density at radius 3 is 2.49 bits per heavy atom. The number of aliphatic hydroxyl groups is 1. The van der Waals surface area contributed by atoms with E-state index in [4.69, 9.17) is 4.74 Å². The maximum absolute atomic E-state index is 12.9. The fourth-order valence-electron chi connectivity index (χ4n) is 3.67. The lowest BCUT2D eigenvalue weighted by atomic mass is 10.2. The first kappa shape index (κ1) is 25.7. The van der Waals surface area contributed by atoms with E-state index in [1.165, 1.54) is 22.9 Å². The van der Waals surface area contributed by atoms with Crippen molar-refractivity contribution < 1.29 is 24.2 Å². The summed E-state index contributed by atoms with van der Waals surface area (Å²) in [6.07, 6.45) is 1.28. The average Bonchev–Trinajstić information content (AvgIpc) is 3.11. The second kappa shape index (κ2) is 12.0. The van der Waals surface area contributed by atoms with Gasteiger partial charge in [-0.2, -0.15) is 0 Å². The smallest absolute Gasteiger partial charge is 0.410 e. The van der Waals surface area contributed by atoms with Crippen LogP contribution < -0.4 is 16.6 Å². The fraction of sp³-hybridized carbons (Fsp3) is 0.435. The van der Waals surface area contributed by atoms with E-state index in [1.807, 2.05) is 30.3 Å². The van der Waals surface area contributed by atoms with Crippen LogP contribution in [0, 0.1) is 6.92 Å². The molecule has 1 aromatic heterocycles. The van der Waals surface area contributed by atoms with Crippen LogP contribution >= 0.6 is 0 Å². The fourth-order valence-corrected chi connectivity index (χ4v) is 3.67. The van der Waals surface area contributed by atoms with Gasteiger partial charge in [0.15, 0.2) is 0 Å². The maximum Gasteiger partial charge on any atom is 0.410 e. The van der Waals surface area contributed by atoms with Gasteiger partial charge < -0.3 is 25.0 Å². The molecule has 3 N–H and O–H groups in total. The third-order valence-electron chi connectivity index (χ3n) is 5.59. The maximum atomic E-state index is 12.9. The molecule has 1 atom stereocenters. The zero-order chi connectivity index (χ0) is 25.4. The Morgan fingerprint density at radius 2 is 1.77 bits per heavy atom. The van der Waals surface area contributed by atoms with Crippen molar-refractivity contribution in [3.05, 3.63) is 68.5 Å². The predicted octanol–water partition coefficient (Wildman–Crippen LogP) is -0.807. The Labute approximate surface area is 201 Å². The van der Waals surface area contributed by atoms with E-state index in [-0.39, 0.29) is 25.3 Å². The number of rotatable bonds is 7. The largest absolute Gasteiger partial charge is 0.445 e. The number of ether oxygens (including phenoxy) is 1. The Balaban J connectivity index is 1.53. The summed E-state index contributed by atoms with van der Waals surface area (Å²) in [5.41, 5.74) is -0.180. The molecular weight excluding hydrogens is 458 g/mol. The minimum Gasteiger partial charge on any atom is -0.445 e. The first-order valence-electron chi connectivity index (χ1n) is 11.2. The standard InChI is InChI=1S/C23H29N5O7/c1-16-12-28(22(33)25-20(16)31)13-19(30)24-18(14-29)21(32)26-8-5-9-27(11-10-26)23(34)35-15-17-6-3-2-4-7-17/h2-4,6-7,12,18,29H,5,8-11,13-15H2,1H3,(H,24,30)(H,25,31,33). The van der Waals surface area contributed by atoms with E-state index in [1.54, 1.807) is 0 Å². The SMILES string of the molecule is Cc1cn(CC(=O)NC(CO)C(=O)N2CCCN(C(=O)OCc3ccccc3)CC2)c(=O)[nH]c1=O. The number of aromatic nitrogens is 2. The molecular formula is C23H29N5O7. The molecule has 0 spiro atoms. The number of hydrogen-bond acceptors (Lipinski definition) is 7. The van der Waals surface area contributed by atoms with Gasteiger partial charge in [-0.1, -0.05) is 30.3 Å². The summed E-state index contributed by atoms with van der Waals surface area (Å²) in [6.45, 7) is 1.78. The van der Waals surface area contributed by atoms with Crippen LogP contribution in [-0.2, 0) is 27.5 Å². The summed E-state index contributed by atoms with van der Waals surface area (Å²) in [7, 11) is 0. The van der Waals surface area contributed by atoms with Crippen LogP contribution in [0.4, 0.5) is 4.79 Å². The van der Waals surface area contributed by atoms with Crippen molar-refractivity contribution in [1.82, 2.24) is 24.7 Å². The van der Waals surface area contributed by atoms with Crippen LogP contribution in [0.3, 0.4) is 0 Å². The molecule has 1 fully saturated rings. The van der Waals surface area contributed by atoms with Crippen LogP contribution in [-0.4, -0.2) is 81.2 Å². The van der Waals surface area contributed by atoms with Gasteiger partial charge in [0.1, 0.15) is 19.2 Å². The van der Waals surface area contributed by atoms with Crippen molar-refractivity contribution in [2.45, 2.75) is 32.5 Å². The van der Waals surface area contributed by atoms with Crippen molar-refractivity contribution >= 4 is 17.9 Å². The first-order chi connectivity index (χ1) is 16.8. The molecule has 0 aliphatic carbocycles. The summed E-state index contributed by atoms with van der Waals surface area (Å²) < 4.78 is 6.37. The van der Waals surface area contributed by atoms with E-state index in [9.17, 15) is 29.1 Å². The molecule has 2 heterocycles. The summed E-state index contributed by atoms with van der Waals surface area (Å²) in [4.78, 5) is 66.2. The van der Waals surface area contributed by atoms with Gasteiger partial charge in [0, 0.05) is 37.9 Å². The van der Waals surface area contributed by atoms with Gasteiger partial charge in [-0.05, 0) is 18.9 Å². The molecule has 1 saturated heterocycles. The number of aromatic amines is 1. The van der Waals surface area contributed by atoms with E-state index >= 15 is 0 Å². The number of aliphatic hydroxyl groups excluding tert-OH is 1. The molecule has 1 aliphatic rings. The van der Waals surface area contributed by atoms with Crippen LogP contribution in [0.15, 0.2) is 46.1 Å². The van der Waals surface area contributed by atoms with Crippen molar-refractivity contribution in [2.24, 2.45) is 0 Å². The number of hydrogen-bond donors (Lipinski definition) is 3. The highest BCUT2D eigenvalue weighted by atomic mass is 16.6. The Hall–Kier alpha value is -3.93. The van der Waals surface area contributed by atoms with E-state index in [2.05, 4.69) is 10.3 Å². The third kappa shape index (κ3) is 7.03. The van der Waals surface area contributed by atoms with Crippen molar-refractivity contribution in [2.75, 3.05) is 32.8 Å². The van der Waals surface area contributed by atoms with Gasteiger partial charge in [-0.25, -0.2) is 9.59 Å². The number of amides is 3. The zero-order valence-electron chi connectivity index (χ0n) is 19.4. The minimum absolute atomic E-state index is 0.148. The molecule has 0 radical (unpaired) electrons. The second-order valence-corrected chi connectivity index (χ2v) is 8.21. The molecule has 2 aromatic rings. The quantitative estimate of drug-likeness (QED) is 0.462.